The molecule has 0 saturated heterocycles. The van der Waals surface area contributed by atoms with Crippen LogP contribution >= 0.6 is 0 Å². The van der Waals surface area contributed by atoms with E-state index in [4.69, 9.17) is 9.47 Å². The van der Waals surface area contributed by atoms with Gasteiger partial charge in [-0.2, -0.15) is 0 Å². The van der Waals surface area contributed by atoms with Gasteiger partial charge in [0.15, 0.2) is 0 Å². The molecule has 4 heteroatoms. The van der Waals surface area contributed by atoms with E-state index in [1.807, 2.05) is 0 Å². The van der Waals surface area contributed by atoms with Crippen LogP contribution in [0, 0.1) is 0 Å². The molecule has 118 valence electrons. The molecule has 1 saturated carbocycles. The fourth-order valence-corrected chi connectivity index (χ4v) is 2.41. The molecule has 1 atom stereocenters. The van der Waals surface area contributed by atoms with Crippen molar-refractivity contribution >= 4 is 0 Å². The zero-order chi connectivity index (χ0) is 15.2. The first-order valence-electron chi connectivity index (χ1n) is 7.72. The highest BCUT2D eigenvalue weighted by Gasteiger charge is 2.20. The maximum Gasteiger partial charge on any atom is 0.123 e. The summed E-state index contributed by atoms with van der Waals surface area (Å²) in [5.41, 5.74) is 2.56. The zero-order valence-electron chi connectivity index (χ0n) is 13.7. The van der Waals surface area contributed by atoms with Crippen molar-refractivity contribution in [3.05, 3.63) is 29.3 Å². The molecule has 0 aliphatic heterocycles. The van der Waals surface area contributed by atoms with E-state index in [-0.39, 0.29) is 0 Å². The Bertz CT molecular complexity index is 446. The van der Waals surface area contributed by atoms with Gasteiger partial charge < -0.3 is 14.8 Å². The van der Waals surface area contributed by atoms with Crippen LogP contribution in [0.5, 0.6) is 5.75 Å². The van der Waals surface area contributed by atoms with E-state index in [0.29, 0.717) is 6.04 Å². The molecule has 0 amide bonds. The second-order valence-corrected chi connectivity index (χ2v) is 6.02. The molecule has 0 bridgehead atoms. The van der Waals surface area contributed by atoms with Crippen molar-refractivity contribution in [2.24, 2.45) is 0 Å². The van der Waals surface area contributed by atoms with E-state index >= 15 is 0 Å². The molecule has 2 rings (SSSR count). The quantitative estimate of drug-likeness (QED) is 0.758. The first kappa shape index (κ1) is 16.3. The lowest BCUT2D eigenvalue weighted by molar-refractivity contribution is 0.111. The van der Waals surface area contributed by atoms with E-state index < -0.39 is 0 Å². The number of methoxy groups -OCH3 is 2. The Hall–Kier alpha value is -1.10. The van der Waals surface area contributed by atoms with Crippen LogP contribution in [0.25, 0.3) is 0 Å². The number of nitrogens with one attached hydrogen (secondary N) is 1. The van der Waals surface area contributed by atoms with Crippen LogP contribution in [0.1, 0.15) is 30.9 Å². The first-order chi connectivity index (χ1) is 10.1. The Morgan fingerprint density at radius 2 is 2.10 bits per heavy atom. The summed E-state index contributed by atoms with van der Waals surface area (Å²) in [5, 5.41) is 3.56. The Balaban J connectivity index is 2.01. The molecule has 1 fully saturated rings. The van der Waals surface area contributed by atoms with Gasteiger partial charge in [0.25, 0.3) is 0 Å². The summed E-state index contributed by atoms with van der Waals surface area (Å²) in [6.07, 6.45) is 2.64. The summed E-state index contributed by atoms with van der Waals surface area (Å²) in [4.78, 5) is 2.29. The predicted octanol–water partition coefficient (Wildman–Crippen LogP) is 2.41. The third-order valence-electron chi connectivity index (χ3n) is 4.10. The van der Waals surface area contributed by atoms with Crippen LogP contribution in [0.15, 0.2) is 18.2 Å². The average Bonchev–Trinajstić information content (AvgIpc) is 3.29. The third kappa shape index (κ3) is 4.99. The zero-order valence-corrected chi connectivity index (χ0v) is 13.7. The van der Waals surface area contributed by atoms with Crippen molar-refractivity contribution in [3.63, 3.8) is 0 Å². The summed E-state index contributed by atoms with van der Waals surface area (Å²) < 4.78 is 10.7. The minimum absolute atomic E-state index is 0.382. The van der Waals surface area contributed by atoms with Gasteiger partial charge in [-0.25, -0.2) is 0 Å². The van der Waals surface area contributed by atoms with E-state index in [1.165, 1.54) is 24.0 Å². The van der Waals surface area contributed by atoms with Gasteiger partial charge in [0.1, 0.15) is 5.75 Å². The lowest BCUT2D eigenvalue weighted by Gasteiger charge is -2.25. The molecule has 1 aromatic carbocycles. The first-order valence-corrected chi connectivity index (χ1v) is 7.72. The molecule has 1 N–H and O–H groups in total. The standard InChI is InChI=1S/C17H28N2O2/c1-13(12-20-3)19(2)11-15-9-14(5-8-17(15)21-4)10-18-16-6-7-16/h5,8-9,13,16,18H,6-7,10-12H2,1-4H3. The largest absolute Gasteiger partial charge is 0.496 e. The number of nitrogens with zero attached hydrogens (tertiary/aromatic N) is 1. The topological polar surface area (TPSA) is 33.7 Å². The summed E-state index contributed by atoms with van der Waals surface area (Å²) in [7, 11) is 5.60. The number of ether oxygens (including phenoxy) is 2. The second kappa shape index (κ2) is 7.78. The monoisotopic (exact) mass is 292 g/mol. The Kier molecular flexibility index (Phi) is 6.03. The van der Waals surface area contributed by atoms with Crippen molar-refractivity contribution in [1.82, 2.24) is 10.2 Å². The third-order valence-corrected chi connectivity index (χ3v) is 4.10. The van der Waals surface area contributed by atoms with Gasteiger partial charge in [-0.3, -0.25) is 4.90 Å². The van der Waals surface area contributed by atoms with Gasteiger partial charge in [0.2, 0.25) is 0 Å². The van der Waals surface area contributed by atoms with Gasteiger partial charge in [0, 0.05) is 37.8 Å². The maximum atomic E-state index is 5.50. The highest BCUT2D eigenvalue weighted by molar-refractivity contribution is 5.37. The van der Waals surface area contributed by atoms with Crippen molar-refractivity contribution in [1.29, 1.82) is 0 Å². The molecule has 1 aliphatic rings. The number of likely N-dealkylation sites (N-methyl/N-ethyl adjacent to an activating group) is 1. The van der Waals surface area contributed by atoms with E-state index in [1.54, 1.807) is 14.2 Å². The van der Waals surface area contributed by atoms with Gasteiger partial charge >= 0.3 is 0 Å². The van der Waals surface area contributed by atoms with Crippen molar-refractivity contribution in [3.8, 4) is 5.75 Å². The van der Waals surface area contributed by atoms with Gasteiger partial charge in [0.05, 0.1) is 13.7 Å². The predicted molar refractivity (Wildman–Crippen MR) is 85.7 cm³/mol. The van der Waals surface area contributed by atoms with E-state index in [0.717, 1.165) is 31.5 Å². The van der Waals surface area contributed by atoms with Crippen LogP contribution in [-0.2, 0) is 17.8 Å². The molecule has 0 aromatic heterocycles. The van der Waals surface area contributed by atoms with Crippen molar-refractivity contribution < 1.29 is 9.47 Å². The number of hydrogen-bond acceptors (Lipinski definition) is 4. The Labute approximate surface area is 128 Å². The SMILES string of the molecule is COCC(C)N(C)Cc1cc(CNC2CC2)ccc1OC. The summed E-state index contributed by atoms with van der Waals surface area (Å²) in [6, 6.07) is 7.60. The van der Waals surface area contributed by atoms with E-state index in [9.17, 15) is 0 Å². The highest BCUT2D eigenvalue weighted by Crippen LogP contribution is 2.23. The average molecular weight is 292 g/mol. The van der Waals surface area contributed by atoms with Gasteiger partial charge in [-0.1, -0.05) is 6.07 Å². The van der Waals surface area contributed by atoms with Crippen LogP contribution in [0.2, 0.25) is 0 Å². The fourth-order valence-electron chi connectivity index (χ4n) is 2.41. The molecular formula is C17H28N2O2. The summed E-state index contributed by atoms with van der Waals surface area (Å²) >= 11 is 0. The fraction of sp³-hybridized carbons (Fsp3) is 0.647. The molecule has 21 heavy (non-hydrogen) atoms. The second-order valence-electron chi connectivity index (χ2n) is 6.02. The molecule has 0 heterocycles. The van der Waals surface area contributed by atoms with Crippen molar-refractivity contribution in [2.75, 3.05) is 27.9 Å². The molecular weight excluding hydrogens is 264 g/mol. The molecule has 1 aromatic rings. The van der Waals surface area contributed by atoms with Crippen LogP contribution in [-0.4, -0.2) is 44.9 Å². The molecule has 1 unspecified atom stereocenters. The summed E-state index contributed by atoms with van der Waals surface area (Å²) in [6.45, 7) is 4.72. The maximum absolute atomic E-state index is 5.50. The number of rotatable bonds is 9. The van der Waals surface area contributed by atoms with Gasteiger partial charge in [-0.15, -0.1) is 0 Å². The molecule has 0 radical (unpaired) electrons. The van der Waals surface area contributed by atoms with Crippen LogP contribution < -0.4 is 10.1 Å². The number of hydrogen-bond donors (Lipinski definition) is 1. The summed E-state index contributed by atoms with van der Waals surface area (Å²) in [5.74, 6) is 0.960. The molecule has 4 nitrogen and oxygen atoms in total. The Morgan fingerprint density at radius 1 is 1.33 bits per heavy atom. The lowest BCUT2D eigenvalue weighted by atomic mass is 10.1. The van der Waals surface area contributed by atoms with Crippen LogP contribution in [0.3, 0.4) is 0 Å². The van der Waals surface area contributed by atoms with Crippen LogP contribution in [0.4, 0.5) is 0 Å². The number of benzene rings is 1. The Morgan fingerprint density at radius 3 is 2.71 bits per heavy atom. The minimum atomic E-state index is 0.382. The lowest BCUT2D eigenvalue weighted by Crippen LogP contribution is -2.32. The van der Waals surface area contributed by atoms with Gasteiger partial charge in [-0.05, 0) is 44.5 Å². The minimum Gasteiger partial charge on any atom is -0.496 e. The highest BCUT2D eigenvalue weighted by atomic mass is 16.5. The normalized spacial score (nSPS) is 16.2. The smallest absolute Gasteiger partial charge is 0.123 e. The van der Waals surface area contributed by atoms with E-state index in [2.05, 4.69) is 42.4 Å². The molecule has 0 spiro atoms. The van der Waals surface area contributed by atoms with Crippen molar-refractivity contribution in [2.45, 2.75) is 44.9 Å². The molecule has 1 aliphatic carbocycles.